The van der Waals surface area contributed by atoms with Gasteiger partial charge in [-0.1, -0.05) is 36.4 Å². The smallest absolute Gasteiger partial charge is 0.433 e. The molecule has 0 atom stereocenters. The summed E-state index contributed by atoms with van der Waals surface area (Å²) in [6, 6.07) is 15.6. The zero-order valence-corrected chi connectivity index (χ0v) is 14.0. The van der Waals surface area contributed by atoms with Gasteiger partial charge in [0, 0.05) is 5.56 Å². The standard InChI is InChI=1S/C20H13NO6/c22-17(11-26-20(23)18-7-8-19(27-18)21(24)25)14-6-5-13-9-12-3-1-2-4-15(12)16(13)10-14/h1-8,10H,9,11H2. The maximum atomic E-state index is 12.4. The minimum absolute atomic E-state index is 0.322. The van der Waals surface area contributed by atoms with Crippen LogP contribution in [0.25, 0.3) is 11.1 Å². The van der Waals surface area contributed by atoms with Crippen molar-refractivity contribution in [3.8, 4) is 11.1 Å². The molecule has 7 nitrogen and oxygen atoms in total. The zero-order valence-electron chi connectivity index (χ0n) is 14.0. The third kappa shape index (κ3) is 3.10. The molecule has 0 spiro atoms. The summed E-state index contributed by atoms with van der Waals surface area (Å²) in [5, 5.41) is 10.6. The van der Waals surface area contributed by atoms with Gasteiger partial charge in [0.1, 0.15) is 4.92 Å². The number of furan rings is 1. The quantitative estimate of drug-likeness (QED) is 0.231. The van der Waals surface area contributed by atoms with E-state index in [-0.39, 0.29) is 11.5 Å². The van der Waals surface area contributed by atoms with Gasteiger partial charge in [-0.15, -0.1) is 0 Å². The molecule has 7 heteroatoms. The Balaban J connectivity index is 1.47. The summed E-state index contributed by atoms with van der Waals surface area (Å²) in [5.74, 6) is -2.18. The van der Waals surface area contributed by atoms with Crippen LogP contribution >= 0.6 is 0 Å². The molecule has 0 saturated carbocycles. The van der Waals surface area contributed by atoms with E-state index in [4.69, 9.17) is 9.15 Å². The van der Waals surface area contributed by atoms with Gasteiger partial charge in [-0.3, -0.25) is 14.9 Å². The van der Waals surface area contributed by atoms with Gasteiger partial charge in [-0.25, -0.2) is 4.79 Å². The summed E-state index contributed by atoms with van der Waals surface area (Å²) in [6.45, 7) is -0.478. The molecule has 3 aromatic rings. The maximum absolute atomic E-state index is 12.4. The Morgan fingerprint density at radius 3 is 2.59 bits per heavy atom. The molecule has 0 radical (unpaired) electrons. The number of rotatable bonds is 5. The number of nitrogens with zero attached hydrogens (tertiary/aromatic N) is 1. The molecule has 1 heterocycles. The van der Waals surface area contributed by atoms with Crippen LogP contribution in [0.15, 0.2) is 59.0 Å². The van der Waals surface area contributed by atoms with Gasteiger partial charge in [0.25, 0.3) is 0 Å². The number of nitro groups is 1. The second-order valence-corrected chi connectivity index (χ2v) is 6.10. The van der Waals surface area contributed by atoms with E-state index in [1.807, 2.05) is 24.3 Å². The number of carbonyl (C=O) groups excluding carboxylic acids is 2. The molecule has 1 aromatic heterocycles. The van der Waals surface area contributed by atoms with Crippen LogP contribution < -0.4 is 0 Å². The maximum Gasteiger partial charge on any atom is 0.433 e. The summed E-state index contributed by atoms with van der Waals surface area (Å²) in [6.07, 6.45) is 0.826. The number of Topliss-reactive ketones (excluding diaryl/α,β-unsaturated/α-hetero) is 1. The fourth-order valence-corrected chi connectivity index (χ4v) is 3.12. The number of esters is 1. The van der Waals surface area contributed by atoms with E-state index in [0.717, 1.165) is 35.2 Å². The average molecular weight is 363 g/mol. The highest BCUT2D eigenvalue weighted by Crippen LogP contribution is 2.36. The van der Waals surface area contributed by atoms with Gasteiger partial charge in [-0.2, -0.15) is 0 Å². The molecule has 1 aliphatic rings. The first-order valence-corrected chi connectivity index (χ1v) is 8.18. The van der Waals surface area contributed by atoms with E-state index in [0.29, 0.717) is 5.56 Å². The van der Waals surface area contributed by atoms with Gasteiger partial charge in [0.05, 0.1) is 6.07 Å². The highest BCUT2D eigenvalue weighted by Gasteiger charge is 2.22. The summed E-state index contributed by atoms with van der Waals surface area (Å²) in [4.78, 5) is 34.1. The number of hydrogen-bond acceptors (Lipinski definition) is 6. The SMILES string of the molecule is O=C(COC(=O)c1ccc([N+](=O)[O-])o1)c1ccc2c(c1)-c1ccccc1C2. The normalized spacial score (nSPS) is 11.6. The molecule has 0 unspecified atom stereocenters. The summed E-state index contributed by atoms with van der Waals surface area (Å²) in [5.41, 5.74) is 4.89. The lowest BCUT2D eigenvalue weighted by Crippen LogP contribution is -2.14. The number of fused-ring (bicyclic) bond motifs is 3. The largest absolute Gasteiger partial charge is 0.451 e. The Hall–Kier alpha value is -3.74. The number of carbonyl (C=O) groups is 2. The summed E-state index contributed by atoms with van der Waals surface area (Å²) >= 11 is 0. The van der Waals surface area contributed by atoms with E-state index in [2.05, 4.69) is 6.07 Å². The molecule has 0 aliphatic heterocycles. The first-order valence-electron chi connectivity index (χ1n) is 8.18. The van der Waals surface area contributed by atoms with Crippen LogP contribution in [0.4, 0.5) is 5.88 Å². The molecule has 134 valence electrons. The van der Waals surface area contributed by atoms with Crippen LogP contribution in [0, 0.1) is 10.1 Å². The minimum Gasteiger partial charge on any atom is -0.451 e. The number of ether oxygens (including phenoxy) is 1. The van der Waals surface area contributed by atoms with Crippen molar-refractivity contribution in [2.24, 2.45) is 0 Å². The van der Waals surface area contributed by atoms with Crippen LogP contribution in [-0.2, 0) is 11.2 Å². The van der Waals surface area contributed by atoms with Crippen LogP contribution in [-0.4, -0.2) is 23.3 Å². The van der Waals surface area contributed by atoms with Crippen molar-refractivity contribution in [3.05, 3.63) is 87.2 Å². The molecule has 2 aromatic carbocycles. The highest BCUT2D eigenvalue weighted by atomic mass is 16.7. The molecule has 0 saturated heterocycles. The van der Waals surface area contributed by atoms with Crippen molar-refractivity contribution in [2.75, 3.05) is 6.61 Å². The molecule has 1 aliphatic carbocycles. The molecular formula is C20H13NO6. The van der Waals surface area contributed by atoms with Crippen LogP contribution in [0.3, 0.4) is 0 Å². The summed E-state index contributed by atoms with van der Waals surface area (Å²) < 4.78 is 9.68. The Kier molecular flexibility index (Phi) is 4.04. The van der Waals surface area contributed by atoms with E-state index in [1.54, 1.807) is 12.1 Å². The predicted octanol–water partition coefficient (Wildman–Crippen LogP) is 3.80. The van der Waals surface area contributed by atoms with Gasteiger partial charge in [0.2, 0.25) is 5.76 Å². The number of benzene rings is 2. The lowest BCUT2D eigenvalue weighted by Gasteiger charge is -2.06. The number of hydrogen-bond donors (Lipinski definition) is 0. The first kappa shape index (κ1) is 16.7. The first-order chi connectivity index (χ1) is 13.0. The Morgan fingerprint density at radius 1 is 1.04 bits per heavy atom. The zero-order chi connectivity index (χ0) is 19.0. The van der Waals surface area contributed by atoms with E-state index in [9.17, 15) is 19.7 Å². The van der Waals surface area contributed by atoms with Crippen LogP contribution in [0.2, 0.25) is 0 Å². The molecule has 27 heavy (non-hydrogen) atoms. The molecule has 0 amide bonds. The van der Waals surface area contributed by atoms with E-state index < -0.39 is 23.4 Å². The van der Waals surface area contributed by atoms with E-state index >= 15 is 0 Å². The molecule has 0 N–H and O–H groups in total. The Labute approximate surface area is 153 Å². The van der Waals surface area contributed by atoms with Crippen molar-refractivity contribution in [2.45, 2.75) is 6.42 Å². The topological polar surface area (TPSA) is 99.7 Å². The van der Waals surface area contributed by atoms with Crippen molar-refractivity contribution in [1.29, 1.82) is 0 Å². The van der Waals surface area contributed by atoms with Crippen molar-refractivity contribution < 1.29 is 23.7 Å². The lowest BCUT2D eigenvalue weighted by molar-refractivity contribution is -0.402. The Morgan fingerprint density at radius 2 is 1.81 bits per heavy atom. The fraction of sp³-hybridized carbons (Fsp3) is 0.100. The predicted molar refractivity (Wildman–Crippen MR) is 94.7 cm³/mol. The second-order valence-electron chi connectivity index (χ2n) is 6.10. The fourth-order valence-electron chi connectivity index (χ4n) is 3.12. The van der Waals surface area contributed by atoms with Gasteiger partial charge < -0.3 is 9.15 Å². The second kappa shape index (κ2) is 6.53. The highest BCUT2D eigenvalue weighted by molar-refractivity contribution is 6.00. The third-order valence-corrected chi connectivity index (χ3v) is 4.43. The van der Waals surface area contributed by atoms with Crippen LogP contribution in [0.5, 0.6) is 0 Å². The van der Waals surface area contributed by atoms with Crippen LogP contribution in [0.1, 0.15) is 32.0 Å². The summed E-state index contributed by atoms with van der Waals surface area (Å²) in [7, 11) is 0. The van der Waals surface area contributed by atoms with Gasteiger partial charge in [-0.05, 0) is 40.8 Å². The third-order valence-electron chi connectivity index (χ3n) is 4.43. The van der Waals surface area contributed by atoms with Crippen molar-refractivity contribution in [3.63, 3.8) is 0 Å². The molecule has 4 rings (SSSR count). The van der Waals surface area contributed by atoms with Crippen molar-refractivity contribution >= 4 is 17.6 Å². The molecule has 0 bridgehead atoms. The Bertz CT molecular complexity index is 1080. The van der Waals surface area contributed by atoms with E-state index in [1.165, 1.54) is 5.56 Å². The average Bonchev–Trinajstić information content (AvgIpc) is 3.30. The number of ketones is 1. The molecular weight excluding hydrogens is 350 g/mol. The van der Waals surface area contributed by atoms with Crippen molar-refractivity contribution in [1.82, 2.24) is 0 Å². The van der Waals surface area contributed by atoms with Gasteiger partial charge in [0.15, 0.2) is 12.4 Å². The van der Waals surface area contributed by atoms with Gasteiger partial charge >= 0.3 is 11.9 Å². The monoisotopic (exact) mass is 363 g/mol. The molecule has 0 fully saturated rings. The minimum atomic E-state index is -0.928. The lowest BCUT2D eigenvalue weighted by atomic mass is 10.0.